The maximum atomic E-state index is 13.2. The molecule has 29 heavy (non-hydrogen) atoms. The van der Waals surface area contributed by atoms with E-state index in [0.717, 1.165) is 35.3 Å². The number of fused-ring (bicyclic) bond motifs is 1. The minimum Gasteiger partial charge on any atom is -0.354 e. The van der Waals surface area contributed by atoms with E-state index >= 15 is 0 Å². The molecule has 0 saturated carbocycles. The normalized spacial score (nSPS) is 18.0. The van der Waals surface area contributed by atoms with Crippen molar-refractivity contribution in [2.75, 3.05) is 43.4 Å². The molecule has 10 heteroatoms. The number of anilines is 1. The van der Waals surface area contributed by atoms with E-state index in [9.17, 15) is 18.0 Å². The van der Waals surface area contributed by atoms with Crippen LogP contribution in [0.3, 0.4) is 0 Å². The van der Waals surface area contributed by atoms with Crippen LogP contribution < -0.4 is 10.5 Å². The van der Waals surface area contributed by atoms with Gasteiger partial charge in [0, 0.05) is 57.2 Å². The molecule has 2 aromatic heterocycles. The van der Waals surface area contributed by atoms with Gasteiger partial charge in [-0.15, -0.1) is 0 Å². The van der Waals surface area contributed by atoms with Crippen LogP contribution in [-0.2, 0) is 24.9 Å². The second-order valence-electron chi connectivity index (χ2n) is 7.18. The summed E-state index contributed by atoms with van der Waals surface area (Å²) in [6.07, 6.45) is -2.15. The first-order valence-electron chi connectivity index (χ1n) is 9.59. The third-order valence-corrected chi connectivity index (χ3v) is 6.30. The van der Waals surface area contributed by atoms with Crippen molar-refractivity contribution < 1.29 is 13.2 Å². The summed E-state index contributed by atoms with van der Waals surface area (Å²) in [5.74, 6) is 1.85. The van der Waals surface area contributed by atoms with Crippen LogP contribution in [0.5, 0.6) is 0 Å². The van der Waals surface area contributed by atoms with Crippen molar-refractivity contribution in [2.24, 2.45) is 0 Å². The fourth-order valence-electron chi connectivity index (χ4n) is 3.70. The smallest absolute Gasteiger partial charge is 0.354 e. The molecule has 0 aliphatic carbocycles. The molecule has 0 atom stereocenters. The van der Waals surface area contributed by atoms with Gasteiger partial charge in [-0.25, -0.2) is 9.67 Å². The number of halogens is 3. The van der Waals surface area contributed by atoms with E-state index in [-0.39, 0.29) is 11.4 Å². The number of hydrogen-bond donors (Lipinski definition) is 0. The maximum Gasteiger partial charge on any atom is 0.419 e. The molecule has 4 rings (SSSR count). The Morgan fingerprint density at radius 3 is 2.69 bits per heavy atom. The Kier molecular flexibility index (Phi) is 5.82. The second kappa shape index (κ2) is 8.35. The Hall–Kier alpha value is -2.07. The van der Waals surface area contributed by atoms with Crippen molar-refractivity contribution in [1.29, 1.82) is 0 Å². The SMILES string of the molecule is O=c1cc2c(nn1CCN1CCN(c3ncccc3C(F)(F)F)CC1)CCSC2. The summed E-state index contributed by atoms with van der Waals surface area (Å²) in [5, 5.41) is 4.52. The molecule has 0 aromatic carbocycles. The summed E-state index contributed by atoms with van der Waals surface area (Å²) < 4.78 is 41.2. The molecule has 0 amide bonds. The van der Waals surface area contributed by atoms with Gasteiger partial charge in [0.05, 0.1) is 17.8 Å². The highest BCUT2D eigenvalue weighted by Crippen LogP contribution is 2.35. The van der Waals surface area contributed by atoms with Gasteiger partial charge in [-0.3, -0.25) is 9.69 Å². The minimum atomic E-state index is -4.42. The topological polar surface area (TPSA) is 54.3 Å². The Labute approximate surface area is 170 Å². The van der Waals surface area contributed by atoms with Gasteiger partial charge in [0.15, 0.2) is 0 Å². The lowest BCUT2D eigenvalue weighted by Crippen LogP contribution is -2.48. The van der Waals surface area contributed by atoms with E-state index in [0.29, 0.717) is 39.3 Å². The van der Waals surface area contributed by atoms with Crippen LogP contribution in [0.25, 0.3) is 0 Å². The van der Waals surface area contributed by atoms with Gasteiger partial charge >= 0.3 is 6.18 Å². The van der Waals surface area contributed by atoms with E-state index < -0.39 is 11.7 Å². The summed E-state index contributed by atoms with van der Waals surface area (Å²) in [5.41, 5.74) is 1.25. The molecule has 4 heterocycles. The standard InChI is InChI=1S/C19H22F3N5OS/c20-19(21,22)15-2-1-4-23-18(15)26-8-5-25(6-9-26)7-10-27-17(28)12-14-13-29-11-3-16(14)24-27/h1-2,4,12H,3,5-11,13H2. The molecule has 2 aromatic rings. The third-order valence-electron chi connectivity index (χ3n) is 5.30. The summed E-state index contributed by atoms with van der Waals surface area (Å²) in [6.45, 7) is 3.28. The van der Waals surface area contributed by atoms with Gasteiger partial charge in [0.2, 0.25) is 0 Å². The lowest BCUT2D eigenvalue weighted by molar-refractivity contribution is -0.137. The van der Waals surface area contributed by atoms with Gasteiger partial charge < -0.3 is 4.90 Å². The Morgan fingerprint density at radius 2 is 1.93 bits per heavy atom. The number of alkyl halides is 3. The summed E-state index contributed by atoms with van der Waals surface area (Å²) in [7, 11) is 0. The first-order chi connectivity index (χ1) is 13.9. The number of pyridine rings is 1. The monoisotopic (exact) mass is 425 g/mol. The maximum absolute atomic E-state index is 13.2. The number of hydrogen-bond acceptors (Lipinski definition) is 6. The van der Waals surface area contributed by atoms with Gasteiger partial charge in [0.25, 0.3) is 5.56 Å². The third kappa shape index (κ3) is 4.58. The van der Waals surface area contributed by atoms with E-state index in [4.69, 9.17) is 0 Å². The van der Waals surface area contributed by atoms with Crippen LogP contribution in [-0.4, -0.2) is 58.1 Å². The zero-order valence-corrected chi connectivity index (χ0v) is 16.7. The predicted molar refractivity (Wildman–Crippen MR) is 106 cm³/mol. The molecule has 0 radical (unpaired) electrons. The summed E-state index contributed by atoms with van der Waals surface area (Å²) in [6, 6.07) is 4.07. The van der Waals surface area contributed by atoms with Crippen LogP contribution in [0.2, 0.25) is 0 Å². The zero-order chi connectivity index (χ0) is 20.4. The van der Waals surface area contributed by atoms with Gasteiger partial charge in [-0.1, -0.05) is 0 Å². The van der Waals surface area contributed by atoms with E-state index in [2.05, 4.69) is 15.0 Å². The molecule has 1 saturated heterocycles. The highest BCUT2D eigenvalue weighted by atomic mass is 32.2. The van der Waals surface area contributed by atoms with Crippen LogP contribution in [0.15, 0.2) is 29.2 Å². The average Bonchev–Trinajstić information content (AvgIpc) is 2.72. The molecule has 0 bridgehead atoms. The molecular weight excluding hydrogens is 403 g/mol. The Morgan fingerprint density at radius 1 is 1.14 bits per heavy atom. The van der Waals surface area contributed by atoms with Gasteiger partial charge in [0.1, 0.15) is 5.82 Å². The van der Waals surface area contributed by atoms with Crippen LogP contribution >= 0.6 is 11.8 Å². The van der Waals surface area contributed by atoms with Crippen molar-refractivity contribution >= 4 is 17.6 Å². The van der Waals surface area contributed by atoms with Crippen molar-refractivity contribution in [1.82, 2.24) is 19.7 Å². The minimum absolute atomic E-state index is 0.00917. The van der Waals surface area contributed by atoms with Gasteiger partial charge in [-0.2, -0.15) is 30.0 Å². The Bertz CT molecular complexity index is 925. The highest BCUT2D eigenvalue weighted by molar-refractivity contribution is 7.98. The van der Waals surface area contributed by atoms with E-state index in [1.54, 1.807) is 11.0 Å². The van der Waals surface area contributed by atoms with E-state index in [1.165, 1.54) is 16.9 Å². The highest BCUT2D eigenvalue weighted by Gasteiger charge is 2.36. The average molecular weight is 425 g/mol. The van der Waals surface area contributed by atoms with Crippen molar-refractivity contribution in [3.05, 3.63) is 51.6 Å². The molecule has 0 unspecified atom stereocenters. The molecule has 0 spiro atoms. The fourth-order valence-corrected chi connectivity index (χ4v) is 4.65. The quantitative estimate of drug-likeness (QED) is 0.749. The molecule has 2 aliphatic rings. The number of aryl methyl sites for hydroxylation is 1. The van der Waals surface area contributed by atoms with Crippen LogP contribution in [0, 0.1) is 0 Å². The molecule has 1 fully saturated rings. The number of thioether (sulfide) groups is 1. The number of rotatable bonds is 4. The molecular formula is C19H22F3N5OS. The van der Waals surface area contributed by atoms with Crippen molar-refractivity contribution in [3.63, 3.8) is 0 Å². The van der Waals surface area contributed by atoms with Crippen LogP contribution in [0.4, 0.5) is 19.0 Å². The summed E-state index contributed by atoms with van der Waals surface area (Å²) in [4.78, 5) is 20.1. The predicted octanol–water partition coefficient (Wildman–Crippen LogP) is 2.27. The molecule has 156 valence electrons. The lowest BCUT2D eigenvalue weighted by Gasteiger charge is -2.36. The molecule has 6 nitrogen and oxygen atoms in total. The molecule has 0 N–H and O–H groups in total. The van der Waals surface area contributed by atoms with Crippen molar-refractivity contribution in [3.8, 4) is 0 Å². The largest absolute Gasteiger partial charge is 0.419 e. The fraction of sp³-hybridized carbons (Fsp3) is 0.526. The second-order valence-corrected chi connectivity index (χ2v) is 8.29. The van der Waals surface area contributed by atoms with Crippen LogP contribution in [0.1, 0.15) is 16.8 Å². The summed E-state index contributed by atoms with van der Waals surface area (Å²) >= 11 is 1.81. The zero-order valence-electron chi connectivity index (χ0n) is 15.9. The first kappa shape index (κ1) is 20.2. The first-order valence-corrected chi connectivity index (χ1v) is 10.7. The number of aromatic nitrogens is 3. The number of piperazine rings is 1. The van der Waals surface area contributed by atoms with E-state index in [1.807, 2.05) is 11.8 Å². The van der Waals surface area contributed by atoms with Crippen molar-refractivity contribution in [2.45, 2.75) is 24.9 Å². The Balaban J connectivity index is 1.36. The lowest BCUT2D eigenvalue weighted by atomic mass is 10.2. The number of nitrogens with zero attached hydrogens (tertiary/aromatic N) is 5. The molecule has 2 aliphatic heterocycles. The van der Waals surface area contributed by atoms with Gasteiger partial charge in [-0.05, 0) is 23.4 Å².